The molecular formula is C26H16Cl2FNO. The van der Waals surface area contributed by atoms with Crippen LogP contribution in [0.1, 0.15) is 16.7 Å². The molecule has 0 fully saturated rings. The molecule has 152 valence electrons. The molecule has 0 saturated carbocycles. The average Bonchev–Trinajstić information content (AvgIpc) is 2.77. The smallest absolute Gasteiger partial charge is 0.127 e. The first-order valence-corrected chi connectivity index (χ1v) is 10.3. The number of hydrogen-bond acceptors (Lipinski definition) is 2. The van der Waals surface area contributed by atoms with Crippen LogP contribution < -0.4 is 4.74 Å². The summed E-state index contributed by atoms with van der Waals surface area (Å²) < 4.78 is 19.6. The van der Waals surface area contributed by atoms with Crippen molar-refractivity contribution in [3.63, 3.8) is 0 Å². The standard InChI is InChI=1S/C26H16Cl2FNO/c27-20-9-10-23(25(28)14-20)19(15-30)13-24-22-7-2-1-5-18(22)8-11-26(24)31-16-17-4-3-6-21(29)12-17/h1-14H,16H2/b19-13+. The quantitative estimate of drug-likeness (QED) is 0.229. The van der Waals surface area contributed by atoms with Gasteiger partial charge in [0.2, 0.25) is 0 Å². The summed E-state index contributed by atoms with van der Waals surface area (Å²) in [4.78, 5) is 0. The number of benzene rings is 4. The van der Waals surface area contributed by atoms with Gasteiger partial charge in [-0.05, 0) is 52.7 Å². The van der Waals surface area contributed by atoms with Gasteiger partial charge in [0, 0.05) is 16.1 Å². The van der Waals surface area contributed by atoms with E-state index in [-0.39, 0.29) is 12.4 Å². The molecule has 0 spiro atoms. The Labute approximate surface area is 189 Å². The highest BCUT2D eigenvalue weighted by Crippen LogP contribution is 2.34. The van der Waals surface area contributed by atoms with Crippen LogP contribution in [-0.2, 0) is 6.61 Å². The zero-order chi connectivity index (χ0) is 21.8. The Kier molecular flexibility index (Phi) is 6.23. The lowest BCUT2D eigenvalue weighted by atomic mass is 9.98. The number of halogens is 3. The molecule has 0 bridgehead atoms. The number of hydrogen-bond donors (Lipinski definition) is 0. The molecule has 0 aliphatic carbocycles. The van der Waals surface area contributed by atoms with Crippen LogP contribution in [0.25, 0.3) is 22.4 Å². The molecule has 0 aliphatic rings. The lowest BCUT2D eigenvalue weighted by molar-refractivity contribution is 0.305. The van der Waals surface area contributed by atoms with Crippen molar-refractivity contribution in [2.24, 2.45) is 0 Å². The Morgan fingerprint density at radius 1 is 0.968 bits per heavy atom. The number of ether oxygens (including phenoxy) is 1. The minimum atomic E-state index is -0.316. The van der Waals surface area contributed by atoms with Crippen molar-refractivity contribution in [3.8, 4) is 11.8 Å². The molecule has 0 aromatic heterocycles. The predicted molar refractivity (Wildman–Crippen MR) is 125 cm³/mol. The molecule has 0 amide bonds. The second-order valence-corrected chi connectivity index (χ2v) is 7.75. The number of rotatable bonds is 5. The van der Waals surface area contributed by atoms with E-state index < -0.39 is 0 Å². The van der Waals surface area contributed by atoms with Gasteiger partial charge in [0.25, 0.3) is 0 Å². The fourth-order valence-electron chi connectivity index (χ4n) is 3.36. The van der Waals surface area contributed by atoms with Crippen molar-refractivity contribution >= 4 is 45.6 Å². The van der Waals surface area contributed by atoms with E-state index in [0.29, 0.717) is 32.5 Å². The number of fused-ring (bicyclic) bond motifs is 1. The SMILES string of the molecule is N#C/C(=C\c1c(OCc2cccc(F)c2)ccc2ccccc12)c1ccc(Cl)cc1Cl. The highest BCUT2D eigenvalue weighted by Gasteiger charge is 2.12. The zero-order valence-corrected chi connectivity index (χ0v) is 17.8. The van der Waals surface area contributed by atoms with E-state index in [2.05, 4.69) is 6.07 Å². The second kappa shape index (κ2) is 9.22. The summed E-state index contributed by atoms with van der Waals surface area (Å²) >= 11 is 12.3. The van der Waals surface area contributed by atoms with E-state index in [1.807, 2.05) is 36.4 Å². The van der Waals surface area contributed by atoms with Crippen LogP contribution in [0.15, 0.2) is 78.9 Å². The van der Waals surface area contributed by atoms with Crippen LogP contribution in [0.5, 0.6) is 5.75 Å². The summed E-state index contributed by atoms with van der Waals surface area (Å²) in [6, 6.07) is 25.2. The lowest BCUT2D eigenvalue weighted by Gasteiger charge is -2.13. The normalized spacial score (nSPS) is 11.4. The predicted octanol–water partition coefficient (Wildman–Crippen LogP) is 7.93. The average molecular weight is 448 g/mol. The summed E-state index contributed by atoms with van der Waals surface area (Å²) in [5.74, 6) is 0.268. The summed E-state index contributed by atoms with van der Waals surface area (Å²) in [5, 5.41) is 12.7. The Morgan fingerprint density at radius 2 is 1.81 bits per heavy atom. The maximum Gasteiger partial charge on any atom is 0.127 e. The molecule has 0 heterocycles. The maximum atomic E-state index is 13.5. The first-order valence-electron chi connectivity index (χ1n) is 9.51. The molecule has 0 atom stereocenters. The van der Waals surface area contributed by atoms with Gasteiger partial charge in [-0.25, -0.2) is 4.39 Å². The highest BCUT2D eigenvalue weighted by atomic mass is 35.5. The Bertz CT molecular complexity index is 1340. The van der Waals surface area contributed by atoms with Gasteiger partial charge in [0.05, 0.1) is 16.7 Å². The monoisotopic (exact) mass is 447 g/mol. The van der Waals surface area contributed by atoms with Gasteiger partial charge in [0.1, 0.15) is 18.2 Å². The van der Waals surface area contributed by atoms with E-state index >= 15 is 0 Å². The van der Waals surface area contributed by atoms with Gasteiger partial charge in [-0.3, -0.25) is 0 Å². The fraction of sp³-hybridized carbons (Fsp3) is 0.0385. The Balaban J connectivity index is 1.81. The van der Waals surface area contributed by atoms with Gasteiger partial charge < -0.3 is 4.74 Å². The van der Waals surface area contributed by atoms with Crippen molar-refractivity contribution in [1.82, 2.24) is 0 Å². The van der Waals surface area contributed by atoms with Gasteiger partial charge in [-0.2, -0.15) is 5.26 Å². The van der Waals surface area contributed by atoms with Crippen LogP contribution in [0, 0.1) is 17.1 Å². The maximum absolute atomic E-state index is 13.5. The number of allylic oxidation sites excluding steroid dienone is 1. The molecule has 4 aromatic rings. The third kappa shape index (κ3) is 4.72. The molecule has 0 radical (unpaired) electrons. The summed E-state index contributed by atoms with van der Waals surface area (Å²) in [6.07, 6.45) is 1.76. The van der Waals surface area contributed by atoms with Crippen LogP contribution >= 0.6 is 23.2 Å². The summed E-state index contributed by atoms with van der Waals surface area (Å²) in [7, 11) is 0. The minimum Gasteiger partial charge on any atom is -0.488 e. The van der Waals surface area contributed by atoms with Crippen molar-refractivity contribution in [1.29, 1.82) is 5.26 Å². The molecule has 2 nitrogen and oxygen atoms in total. The largest absolute Gasteiger partial charge is 0.488 e. The third-order valence-corrected chi connectivity index (χ3v) is 5.39. The van der Waals surface area contributed by atoms with Crippen LogP contribution in [0.4, 0.5) is 4.39 Å². The van der Waals surface area contributed by atoms with Crippen molar-refractivity contribution in [2.75, 3.05) is 0 Å². The number of nitriles is 1. The lowest BCUT2D eigenvalue weighted by Crippen LogP contribution is -1.98. The molecular weight excluding hydrogens is 432 g/mol. The van der Waals surface area contributed by atoms with E-state index in [0.717, 1.165) is 16.3 Å². The van der Waals surface area contributed by atoms with Crippen molar-refractivity contribution in [2.45, 2.75) is 6.61 Å². The zero-order valence-electron chi connectivity index (χ0n) is 16.3. The van der Waals surface area contributed by atoms with Gasteiger partial charge >= 0.3 is 0 Å². The fourth-order valence-corrected chi connectivity index (χ4v) is 3.87. The third-order valence-electron chi connectivity index (χ3n) is 4.84. The molecule has 5 heteroatoms. The second-order valence-electron chi connectivity index (χ2n) is 6.91. The van der Waals surface area contributed by atoms with E-state index in [1.54, 1.807) is 36.4 Å². The van der Waals surface area contributed by atoms with Gasteiger partial charge in [0.15, 0.2) is 0 Å². The van der Waals surface area contributed by atoms with Crippen molar-refractivity contribution < 1.29 is 9.13 Å². The van der Waals surface area contributed by atoms with Crippen molar-refractivity contribution in [3.05, 3.63) is 111 Å². The molecule has 0 saturated heterocycles. The van der Waals surface area contributed by atoms with E-state index in [9.17, 15) is 9.65 Å². The van der Waals surface area contributed by atoms with E-state index in [1.165, 1.54) is 12.1 Å². The first-order chi connectivity index (χ1) is 15.0. The molecule has 0 unspecified atom stereocenters. The molecule has 4 rings (SSSR count). The molecule has 31 heavy (non-hydrogen) atoms. The van der Waals surface area contributed by atoms with E-state index in [4.69, 9.17) is 27.9 Å². The Morgan fingerprint density at radius 3 is 2.58 bits per heavy atom. The molecule has 0 N–H and O–H groups in total. The molecule has 0 aliphatic heterocycles. The minimum absolute atomic E-state index is 0.195. The summed E-state index contributed by atoms with van der Waals surface area (Å²) in [6.45, 7) is 0.195. The van der Waals surface area contributed by atoms with Crippen LogP contribution in [0.2, 0.25) is 10.0 Å². The Hall–Kier alpha value is -3.32. The molecule has 4 aromatic carbocycles. The highest BCUT2D eigenvalue weighted by molar-refractivity contribution is 6.36. The van der Waals surface area contributed by atoms with Crippen LogP contribution in [-0.4, -0.2) is 0 Å². The topological polar surface area (TPSA) is 33.0 Å². The number of nitrogens with zero attached hydrogens (tertiary/aromatic N) is 1. The first kappa shape index (κ1) is 20.9. The van der Waals surface area contributed by atoms with Gasteiger partial charge in [-0.15, -0.1) is 0 Å². The van der Waals surface area contributed by atoms with Crippen LogP contribution in [0.3, 0.4) is 0 Å². The van der Waals surface area contributed by atoms with Gasteiger partial charge in [-0.1, -0.05) is 71.7 Å². The summed E-state index contributed by atoms with van der Waals surface area (Å²) in [5.41, 5.74) is 2.42.